The number of aromatic hydroxyl groups is 1. The van der Waals surface area contributed by atoms with E-state index in [-0.39, 0.29) is 12.4 Å². The van der Waals surface area contributed by atoms with Crippen molar-refractivity contribution in [2.45, 2.75) is 6.92 Å². The Bertz CT molecular complexity index is 1130. The molecule has 0 heterocycles. The molecular formula is C23H21BrN4O4. The molecular weight excluding hydrogens is 476 g/mol. The number of ether oxygens (including phenoxy) is 2. The number of nitrogens with zero attached hydrogens (tertiary/aromatic N) is 3. The van der Waals surface area contributed by atoms with Crippen molar-refractivity contribution in [1.29, 1.82) is 0 Å². The van der Waals surface area contributed by atoms with Crippen LogP contribution in [-0.4, -0.2) is 30.4 Å². The van der Waals surface area contributed by atoms with E-state index in [1.807, 2.05) is 37.3 Å². The molecule has 32 heavy (non-hydrogen) atoms. The molecule has 3 rings (SSSR count). The maximum atomic E-state index is 12.0. The number of azo groups is 1. The summed E-state index contributed by atoms with van der Waals surface area (Å²) in [6.07, 6.45) is 1.32. The molecule has 0 spiro atoms. The monoisotopic (exact) mass is 496 g/mol. The van der Waals surface area contributed by atoms with Crippen molar-refractivity contribution in [3.8, 4) is 17.2 Å². The molecule has 0 fully saturated rings. The van der Waals surface area contributed by atoms with Gasteiger partial charge in [-0.1, -0.05) is 34.1 Å². The second kappa shape index (κ2) is 11.6. The van der Waals surface area contributed by atoms with Gasteiger partial charge in [0.1, 0.15) is 5.75 Å². The van der Waals surface area contributed by atoms with Gasteiger partial charge in [0.25, 0.3) is 5.91 Å². The predicted octanol–water partition coefficient (Wildman–Crippen LogP) is 5.50. The van der Waals surface area contributed by atoms with Gasteiger partial charge in [0.15, 0.2) is 18.1 Å². The molecule has 0 aliphatic heterocycles. The second-order valence-corrected chi connectivity index (χ2v) is 7.30. The first-order valence-corrected chi connectivity index (χ1v) is 10.5. The number of phenols is 1. The van der Waals surface area contributed by atoms with E-state index in [0.29, 0.717) is 35.0 Å². The number of para-hydroxylation sites is 2. The summed E-state index contributed by atoms with van der Waals surface area (Å²) in [7, 11) is 0. The van der Waals surface area contributed by atoms with E-state index in [2.05, 4.69) is 36.7 Å². The first kappa shape index (κ1) is 23.0. The number of carbonyl (C=O) groups is 1. The number of benzene rings is 3. The van der Waals surface area contributed by atoms with Crippen molar-refractivity contribution in [2.24, 2.45) is 15.3 Å². The molecule has 164 valence electrons. The lowest BCUT2D eigenvalue weighted by atomic mass is 10.2. The number of hydrazone groups is 1. The Balaban J connectivity index is 1.58. The fourth-order valence-corrected chi connectivity index (χ4v) is 2.94. The van der Waals surface area contributed by atoms with Crippen LogP contribution >= 0.6 is 15.9 Å². The van der Waals surface area contributed by atoms with Crippen LogP contribution in [0.15, 0.2) is 86.5 Å². The van der Waals surface area contributed by atoms with Crippen molar-refractivity contribution in [2.75, 3.05) is 13.2 Å². The van der Waals surface area contributed by atoms with E-state index in [0.717, 1.165) is 4.47 Å². The average molecular weight is 497 g/mol. The number of nitrogens with one attached hydrogen (secondary N) is 1. The highest BCUT2D eigenvalue weighted by Gasteiger charge is 2.07. The molecule has 0 aliphatic carbocycles. The third-order valence-electron chi connectivity index (χ3n) is 4.00. The highest BCUT2D eigenvalue weighted by molar-refractivity contribution is 9.10. The molecule has 1 amide bonds. The Morgan fingerprint density at radius 3 is 2.44 bits per heavy atom. The van der Waals surface area contributed by atoms with Gasteiger partial charge in [0.2, 0.25) is 0 Å². The van der Waals surface area contributed by atoms with Crippen LogP contribution in [0.1, 0.15) is 12.5 Å². The van der Waals surface area contributed by atoms with Crippen molar-refractivity contribution in [3.63, 3.8) is 0 Å². The number of hydrogen-bond acceptors (Lipinski definition) is 7. The van der Waals surface area contributed by atoms with Gasteiger partial charge in [-0.3, -0.25) is 4.79 Å². The van der Waals surface area contributed by atoms with E-state index >= 15 is 0 Å². The normalized spacial score (nSPS) is 11.1. The summed E-state index contributed by atoms with van der Waals surface area (Å²) in [6.45, 7) is 2.11. The maximum Gasteiger partial charge on any atom is 0.277 e. The number of halogens is 1. The van der Waals surface area contributed by atoms with Gasteiger partial charge in [-0.2, -0.15) is 15.3 Å². The molecule has 8 nitrogen and oxygen atoms in total. The molecule has 0 atom stereocenters. The summed E-state index contributed by atoms with van der Waals surface area (Å²) in [4.78, 5) is 12.0. The van der Waals surface area contributed by atoms with Gasteiger partial charge < -0.3 is 14.6 Å². The lowest BCUT2D eigenvalue weighted by molar-refractivity contribution is -0.123. The molecule has 3 aromatic carbocycles. The predicted molar refractivity (Wildman–Crippen MR) is 125 cm³/mol. The van der Waals surface area contributed by atoms with Crippen molar-refractivity contribution in [1.82, 2.24) is 5.43 Å². The molecule has 0 aromatic heterocycles. The van der Waals surface area contributed by atoms with Gasteiger partial charge in [0, 0.05) is 10.0 Å². The highest BCUT2D eigenvalue weighted by atomic mass is 79.9. The summed E-state index contributed by atoms with van der Waals surface area (Å²) >= 11 is 3.38. The minimum atomic E-state index is -0.461. The number of amides is 1. The molecule has 0 bridgehead atoms. The minimum absolute atomic E-state index is 0.00806. The van der Waals surface area contributed by atoms with Crippen LogP contribution in [0.3, 0.4) is 0 Å². The van der Waals surface area contributed by atoms with Gasteiger partial charge in [-0.25, -0.2) is 5.43 Å². The zero-order valence-electron chi connectivity index (χ0n) is 17.2. The molecule has 3 aromatic rings. The topological polar surface area (TPSA) is 105 Å². The third kappa shape index (κ3) is 6.92. The van der Waals surface area contributed by atoms with E-state index in [1.54, 1.807) is 30.3 Å². The SMILES string of the molecule is CCOc1ccccc1OCC(=O)N/N=C\c1cc(N=Nc2cccc(Br)c2)ccc1O. The molecule has 9 heteroatoms. The molecule has 2 N–H and O–H groups in total. The van der Waals surface area contributed by atoms with Gasteiger partial charge in [-0.15, -0.1) is 0 Å². The molecule has 0 radical (unpaired) electrons. The molecule has 0 saturated heterocycles. The fraction of sp³-hybridized carbons (Fsp3) is 0.130. The Morgan fingerprint density at radius 1 is 1.00 bits per heavy atom. The van der Waals surface area contributed by atoms with Crippen LogP contribution in [0, 0.1) is 0 Å². The first-order chi connectivity index (χ1) is 15.5. The van der Waals surface area contributed by atoms with Crippen molar-refractivity contribution < 1.29 is 19.4 Å². The summed E-state index contributed by atoms with van der Waals surface area (Å²) in [5.41, 5.74) is 3.93. The zero-order chi connectivity index (χ0) is 22.8. The Kier molecular flexibility index (Phi) is 8.33. The molecule has 0 aliphatic rings. The average Bonchev–Trinajstić information content (AvgIpc) is 2.79. The first-order valence-electron chi connectivity index (χ1n) is 9.72. The number of hydrogen-bond donors (Lipinski definition) is 2. The highest BCUT2D eigenvalue weighted by Crippen LogP contribution is 2.26. The molecule has 0 saturated carbocycles. The smallest absolute Gasteiger partial charge is 0.277 e. The standard InChI is InChI=1S/C23H21BrN4O4/c1-2-31-21-8-3-4-9-22(21)32-15-23(30)28-25-14-16-12-19(10-11-20(16)29)27-26-18-7-5-6-17(24)13-18/h3-14,29H,2,15H2,1H3,(H,28,30)/b25-14-,27-26?. The van der Waals surface area contributed by atoms with Crippen LogP contribution in [0.25, 0.3) is 0 Å². The van der Waals surface area contributed by atoms with Gasteiger partial charge in [0.05, 0.1) is 24.2 Å². The Morgan fingerprint density at radius 2 is 1.72 bits per heavy atom. The Labute approximate surface area is 193 Å². The molecule has 0 unspecified atom stereocenters. The van der Waals surface area contributed by atoms with E-state index < -0.39 is 5.91 Å². The zero-order valence-corrected chi connectivity index (χ0v) is 18.8. The van der Waals surface area contributed by atoms with Crippen LogP contribution in [0.4, 0.5) is 11.4 Å². The van der Waals surface area contributed by atoms with E-state index in [9.17, 15) is 9.90 Å². The largest absolute Gasteiger partial charge is 0.507 e. The second-order valence-electron chi connectivity index (χ2n) is 6.38. The summed E-state index contributed by atoms with van der Waals surface area (Å²) in [5, 5.41) is 22.2. The quantitative estimate of drug-likeness (QED) is 0.232. The Hall–Kier alpha value is -3.72. The minimum Gasteiger partial charge on any atom is -0.507 e. The van der Waals surface area contributed by atoms with Crippen LogP contribution in [0.2, 0.25) is 0 Å². The number of rotatable bonds is 9. The van der Waals surface area contributed by atoms with Crippen LogP contribution < -0.4 is 14.9 Å². The summed E-state index contributed by atoms with van der Waals surface area (Å²) in [5.74, 6) is 0.559. The van der Waals surface area contributed by atoms with Crippen molar-refractivity contribution >= 4 is 39.4 Å². The van der Waals surface area contributed by atoms with Crippen LogP contribution in [-0.2, 0) is 4.79 Å². The number of carbonyl (C=O) groups excluding carboxylic acids is 1. The number of phenolic OH excluding ortho intramolecular Hbond substituents is 1. The van der Waals surface area contributed by atoms with Crippen molar-refractivity contribution in [3.05, 3.63) is 76.8 Å². The van der Waals surface area contributed by atoms with Crippen LogP contribution in [0.5, 0.6) is 17.2 Å². The lowest BCUT2D eigenvalue weighted by Gasteiger charge is -2.10. The summed E-state index contributed by atoms with van der Waals surface area (Å²) < 4.78 is 11.8. The summed E-state index contributed by atoms with van der Waals surface area (Å²) in [6, 6.07) is 19.2. The van der Waals surface area contributed by atoms with E-state index in [4.69, 9.17) is 9.47 Å². The fourth-order valence-electron chi connectivity index (χ4n) is 2.55. The van der Waals surface area contributed by atoms with E-state index in [1.165, 1.54) is 12.3 Å². The lowest BCUT2D eigenvalue weighted by Crippen LogP contribution is -2.24. The van der Waals surface area contributed by atoms with Gasteiger partial charge >= 0.3 is 0 Å². The maximum absolute atomic E-state index is 12.0. The van der Waals surface area contributed by atoms with Gasteiger partial charge in [-0.05, 0) is 55.5 Å². The third-order valence-corrected chi connectivity index (χ3v) is 4.49.